The molecule has 0 N–H and O–H groups in total. The van der Waals surface area contributed by atoms with Crippen LogP contribution in [0.5, 0.6) is 0 Å². The minimum Gasteiger partial charge on any atom is -0.374 e. The van der Waals surface area contributed by atoms with Crippen molar-refractivity contribution < 1.29 is 18.6 Å². The Kier molecular flexibility index (Phi) is 5.48. The molecule has 4 nitrogen and oxygen atoms in total. The molecule has 1 heterocycles. The Balaban J connectivity index is 1.87. The van der Waals surface area contributed by atoms with Crippen LogP contribution in [0.1, 0.15) is 5.56 Å². The lowest BCUT2D eigenvalue weighted by atomic mass is 10.1. The van der Waals surface area contributed by atoms with E-state index in [-0.39, 0.29) is 12.1 Å². The predicted octanol–water partition coefficient (Wildman–Crippen LogP) is 1.84. The van der Waals surface area contributed by atoms with Gasteiger partial charge in [-0.15, -0.1) is 0 Å². The van der Waals surface area contributed by atoms with Gasteiger partial charge in [0, 0.05) is 7.11 Å². The average molecular weight is 283 g/mol. The van der Waals surface area contributed by atoms with Gasteiger partial charge >= 0.3 is 0 Å². The van der Waals surface area contributed by atoms with Gasteiger partial charge in [-0.2, -0.15) is 0 Å². The van der Waals surface area contributed by atoms with Crippen molar-refractivity contribution in [3.63, 3.8) is 0 Å². The molecule has 0 aliphatic carbocycles. The summed E-state index contributed by atoms with van der Waals surface area (Å²) in [5.74, 6) is 0. The Morgan fingerprint density at radius 3 is 2.55 bits per heavy atom. The highest BCUT2D eigenvalue weighted by atomic mass is 19.1. The second-order valence-electron chi connectivity index (χ2n) is 5.18. The molecule has 0 bridgehead atoms. The Labute approximate surface area is 119 Å². The first-order valence-corrected chi connectivity index (χ1v) is 6.74. The molecule has 0 amide bonds. The van der Waals surface area contributed by atoms with Crippen molar-refractivity contribution in [2.24, 2.45) is 0 Å². The first-order valence-electron chi connectivity index (χ1n) is 6.74. The van der Waals surface area contributed by atoms with Gasteiger partial charge in [-0.05, 0) is 19.7 Å². The maximum atomic E-state index is 14.2. The molecule has 0 unspecified atom stereocenters. The minimum atomic E-state index is -1.17. The highest BCUT2D eigenvalue weighted by Crippen LogP contribution is 2.27. The van der Waals surface area contributed by atoms with E-state index >= 15 is 0 Å². The van der Waals surface area contributed by atoms with E-state index in [9.17, 15) is 4.39 Å². The predicted molar refractivity (Wildman–Crippen MR) is 74.1 cm³/mol. The van der Waals surface area contributed by atoms with Gasteiger partial charge in [0.25, 0.3) is 0 Å². The molecule has 20 heavy (non-hydrogen) atoms. The Morgan fingerprint density at radius 2 is 1.95 bits per heavy atom. The minimum absolute atomic E-state index is 0.325. The van der Waals surface area contributed by atoms with Gasteiger partial charge in [-0.3, -0.25) is 0 Å². The van der Waals surface area contributed by atoms with E-state index in [1.807, 2.05) is 49.3 Å². The molecule has 1 aromatic rings. The summed E-state index contributed by atoms with van der Waals surface area (Å²) in [4.78, 5) is 1.82. The van der Waals surface area contributed by atoms with Crippen LogP contribution in [0.3, 0.4) is 0 Å². The lowest BCUT2D eigenvalue weighted by molar-refractivity contribution is -0.146. The van der Waals surface area contributed by atoms with Crippen LogP contribution in [0, 0.1) is 0 Å². The summed E-state index contributed by atoms with van der Waals surface area (Å²) in [7, 11) is 5.13. The van der Waals surface area contributed by atoms with Crippen LogP contribution in [0.15, 0.2) is 30.3 Å². The van der Waals surface area contributed by atoms with E-state index in [0.717, 1.165) is 5.56 Å². The van der Waals surface area contributed by atoms with Crippen molar-refractivity contribution in [1.82, 2.24) is 4.90 Å². The van der Waals surface area contributed by atoms with Gasteiger partial charge in [-0.25, -0.2) is 4.39 Å². The quantitative estimate of drug-likeness (QED) is 0.797. The maximum absolute atomic E-state index is 14.2. The van der Waals surface area contributed by atoms with Gasteiger partial charge in [0.15, 0.2) is 12.5 Å². The molecule has 1 saturated heterocycles. The van der Waals surface area contributed by atoms with Crippen molar-refractivity contribution in [3.8, 4) is 0 Å². The van der Waals surface area contributed by atoms with Crippen LogP contribution >= 0.6 is 0 Å². The van der Waals surface area contributed by atoms with Gasteiger partial charge in [0.2, 0.25) is 0 Å². The lowest BCUT2D eigenvalue weighted by Gasteiger charge is -2.25. The van der Waals surface area contributed by atoms with Crippen molar-refractivity contribution in [2.75, 3.05) is 27.8 Å². The third kappa shape index (κ3) is 3.55. The van der Waals surface area contributed by atoms with Crippen molar-refractivity contribution >= 4 is 0 Å². The van der Waals surface area contributed by atoms with Crippen LogP contribution in [-0.4, -0.2) is 57.3 Å². The van der Waals surface area contributed by atoms with E-state index in [1.54, 1.807) is 0 Å². The summed E-state index contributed by atoms with van der Waals surface area (Å²) in [6.07, 6.45) is -2.30. The number of ether oxygens (including phenoxy) is 3. The van der Waals surface area contributed by atoms with E-state index in [1.165, 1.54) is 7.11 Å². The first kappa shape index (κ1) is 15.4. The number of likely N-dealkylation sites (N-methyl/N-ethyl adjacent to an activating group) is 1. The average Bonchev–Trinajstić information content (AvgIpc) is 2.76. The van der Waals surface area contributed by atoms with Gasteiger partial charge in [0.05, 0.1) is 19.3 Å². The number of hydrogen-bond donors (Lipinski definition) is 0. The molecule has 0 saturated carbocycles. The number of benzene rings is 1. The van der Waals surface area contributed by atoms with Crippen LogP contribution in [0.4, 0.5) is 4.39 Å². The van der Waals surface area contributed by atoms with Crippen LogP contribution < -0.4 is 0 Å². The van der Waals surface area contributed by atoms with E-state index in [0.29, 0.717) is 13.2 Å². The number of rotatable bonds is 6. The Morgan fingerprint density at radius 1 is 1.25 bits per heavy atom. The second-order valence-corrected chi connectivity index (χ2v) is 5.18. The molecule has 1 aromatic carbocycles. The van der Waals surface area contributed by atoms with E-state index < -0.39 is 12.5 Å². The summed E-state index contributed by atoms with van der Waals surface area (Å²) < 4.78 is 30.4. The van der Waals surface area contributed by atoms with Crippen molar-refractivity contribution in [3.05, 3.63) is 35.9 Å². The lowest BCUT2D eigenvalue weighted by Crippen LogP contribution is -2.43. The zero-order chi connectivity index (χ0) is 14.5. The number of methoxy groups -OCH3 is 1. The molecular weight excluding hydrogens is 261 g/mol. The number of hydrogen-bond acceptors (Lipinski definition) is 4. The molecule has 0 radical (unpaired) electrons. The third-order valence-corrected chi connectivity index (χ3v) is 3.50. The van der Waals surface area contributed by atoms with Gasteiger partial charge < -0.3 is 19.1 Å². The number of nitrogens with zero attached hydrogens (tertiary/aromatic N) is 1. The SMILES string of the molecule is CO[C@@H]1O[C@H](COCc2ccccc2)[C@H](N(C)C)[C@H]1F. The topological polar surface area (TPSA) is 30.9 Å². The standard InChI is InChI=1S/C15H22FNO3/c1-17(2)14-12(20-15(18-3)13(14)16)10-19-9-11-7-5-4-6-8-11/h4-8,12-15H,9-10H2,1-3H3/t12-,13-,14+,15-/m1/s1. The van der Waals surface area contributed by atoms with Crippen LogP contribution in [0.2, 0.25) is 0 Å². The third-order valence-electron chi connectivity index (χ3n) is 3.50. The molecule has 1 aliphatic heterocycles. The molecular formula is C15H22FNO3. The smallest absolute Gasteiger partial charge is 0.190 e. The van der Waals surface area contributed by atoms with E-state index in [4.69, 9.17) is 14.2 Å². The maximum Gasteiger partial charge on any atom is 0.190 e. The summed E-state index contributed by atoms with van der Waals surface area (Å²) in [5, 5.41) is 0. The highest BCUT2D eigenvalue weighted by molar-refractivity contribution is 5.13. The fourth-order valence-corrected chi connectivity index (χ4v) is 2.50. The largest absolute Gasteiger partial charge is 0.374 e. The Bertz CT molecular complexity index is 401. The van der Waals surface area contributed by atoms with Gasteiger partial charge in [0.1, 0.15) is 6.10 Å². The molecule has 112 valence electrons. The zero-order valence-corrected chi connectivity index (χ0v) is 12.2. The molecule has 1 fully saturated rings. The van der Waals surface area contributed by atoms with Crippen molar-refractivity contribution in [1.29, 1.82) is 0 Å². The van der Waals surface area contributed by atoms with Crippen LogP contribution in [0.25, 0.3) is 0 Å². The molecule has 0 spiro atoms. The molecule has 0 aromatic heterocycles. The summed E-state index contributed by atoms with van der Waals surface area (Å²) in [6.45, 7) is 0.841. The molecule has 5 heteroatoms. The summed E-state index contributed by atoms with van der Waals surface area (Å²) in [5.41, 5.74) is 1.09. The monoisotopic (exact) mass is 283 g/mol. The normalized spacial score (nSPS) is 30.1. The van der Waals surface area contributed by atoms with Gasteiger partial charge in [-0.1, -0.05) is 30.3 Å². The fourth-order valence-electron chi connectivity index (χ4n) is 2.50. The molecule has 2 rings (SSSR count). The zero-order valence-electron chi connectivity index (χ0n) is 12.2. The molecule has 1 aliphatic rings. The summed E-state index contributed by atoms with van der Waals surface area (Å²) in [6, 6.07) is 9.53. The summed E-state index contributed by atoms with van der Waals surface area (Å²) >= 11 is 0. The fraction of sp³-hybridized carbons (Fsp3) is 0.600. The Hall–Kier alpha value is -1.01. The van der Waals surface area contributed by atoms with E-state index in [2.05, 4.69) is 0 Å². The second kappa shape index (κ2) is 7.13. The number of halogens is 1. The van der Waals surface area contributed by atoms with Crippen LogP contribution in [-0.2, 0) is 20.8 Å². The van der Waals surface area contributed by atoms with Crippen molar-refractivity contribution in [2.45, 2.75) is 31.2 Å². The highest BCUT2D eigenvalue weighted by Gasteiger charge is 2.46. The number of alkyl halides is 1. The molecule has 4 atom stereocenters. The first-order chi connectivity index (χ1) is 9.63.